The second-order valence-electron chi connectivity index (χ2n) is 4.48. The van der Waals surface area contributed by atoms with E-state index in [4.69, 9.17) is 11.6 Å². The van der Waals surface area contributed by atoms with Crippen LogP contribution in [0, 0.1) is 11.6 Å². The van der Waals surface area contributed by atoms with Crippen LogP contribution in [0.5, 0.6) is 0 Å². The van der Waals surface area contributed by atoms with Gasteiger partial charge < -0.3 is 0 Å². The number of thioether (sulfide) groups is 1. The Labute approximate surface area is 135 Å². The van der Waals surface area contributed by atoms with Gasteiger partial charge in [-0.1, -0.05) is 23.4 Å². The van der Waals surface area contributed by atoms with Crippen molar-refractivity contribution in [2.75, 3.05) is 5.75 Å². The van der Waals surface area contributed by atoms with Gasteiger partial charge in [-0.05, 0) is 42.5 Å². The highest BCUT2D eigenvalue weighted by molar-refractivity contribution is 8.14. The summed E-state index contributed by atoms with van der Waals surface area (Å²) in [5.41, 5.74) is 4.76. The molecule has 1 N–H and O–H groups in total. The first kappa shape index (κ1) is 15.0. The molecular weight excluding hydrogens is 328 g/mol. The van der Waals surface area contributed by atoms with Crippen LogP contribution in [0.25, 0.3) is 0 Å². The molecule has 0 aromatic heterocycles. The van der Waals surface area contributed by atoms with Crippen LogP contribution in [0.1, 0.15) is 5.56 Å². The lowest BCUT2D eigenvalue weighted by Gasteiger charge is -2.15. The number of hydrogen-bond acceptors (Lipinski definition) is 3. The van der Waals surface area contributed by atoms with Gasteiger partial charge in [0.2, 0.25) is 0 Å². The van der Waals surface area contributed by atoms with Crippen molar-refractivity contribution in [3.8, 4) is 0 Å². The van der Waals surface area contributed by atoms with E-state index in [-0.39, 0.29) is 0 Å². The third kappa shape index (κ3) is 3.45. The number of rotatable bonds is 2. The van der Waals surface area contributed by atoms with Crippen molar-refractivity contribution in [3.63, 3.8) is 0 Å². The van der Waals surface area contributed by atoms with Crippen molar-refractivity contribution < 1.29 is 8.78 Å². The van der Waals surface area contributed by atoms with E-state index in [0.29, 0.717) is 27.2 Å². The molecule has 0 radical (unpaired) electrons. The van der Waals surface area contributed by atoms with Crippen molar-refractivity contribution >= 4 is 39.9 Å². The Morgan fingerprint density at radius 2 is 1.86 bits per heavy atom. The van der Waals surface area contributed by atoms with Crippen LogP contribution in [0.4, 0.5) is 14.5 Å². The van der Waals surface area contributed by atoms with Gasteiger partial charge in [0, 0.05) is 16.3 Å². The second-order valence-corrected chi connectivity index (χ2v) is 5.88. The number of nitrogens with zero attached hydrogens (tertiary/aromatic N) is 2. The van der Waals surface area contributed by atoms with Crippen LogP contribution in [-0.2, 0) is 0 Å². The number of hydrogen-bond donors (Lipinski definition) is 1. The first-order valence-corrected chi connectivity index (χ1v) is 7.73. The van der Waals surface area contributed by atoms with E-state index in [1.807, 2.05) is 0 Å². The lowest BCUT2D eigenvalue weighted by Crippen LogP contribution is -2.25. The lowest BCUT2D eigenvalue weighted by molar-refractivity contribution is 0.508. The molecule has 22 heavy (non-hydrogen) atoms. The third-order valence-corrected chi connectivity index (χ3v) is 4.07. The standard InChI is InChI=1S/C15H10ClF2N3S/c16-10-2-4-11(5-3-10)19-15-21-20-14(8-22-15)9-1-6-12(17)13(18)7-9/h1-7H,8H2,(H,19,21). The average Bonchev–Trinajstić information content (AvgIpc) is 2.53. The topological polar surface area (TPSA) is 36.8 Å². The number of aliphatic imine (C=N–C) groups is 1. The van der Waals surface area contributed by atoms with E-state index >= 15 is 0 Å². The van der Waals surface area contributed by atoms with Gasteiger partial charge in [-0.25, -0.2) is 13.8 Å². The molecule has 2 aromatic rings. The minimum atomic E-state index is -0.883. The molecule has 7 heteroatoms. The average molecular weight is 338 g/mol. The minimum absolute atomic E-state index is 0.518. The molecular formula is C15H10ClF2N3S. The fourth-order valence-electron chi connectivity index (χ4n) is 1.83. The molecule has 1 heterocycles. The number of benzene rings is 2. The lowest BCUT2D eigenvalue weighted by atomic mass is 10.1. The summed E-state index contributed by atoms with van der Waals surface area (Å²) in [7, 11) is 0. The molecule has 1 aliphatic heterocycles. The number of halogens is 3. The highest BCUT2D eigenvalue weighted by Crippen LogP contribution is 2.21. The second kappa shape index (κ2) is 6.46. The molecule has 0 fully saturated rings. The SMILES string of the molecule is Fc1ccc(C2=NNC(=Nc3ccc(Cl)cc3)SC2)cc1F. The highest BCUT2D eigenvalue weighted by Gasteiger charge is 2.14. The first-order chi connectivity index (χ1) is 10.6. The molecule has 1 aliphatic rings. The van der Waals surface area contributed by atoms with Gasteiger partial charge in [0.1, 0.15) is 0 Å². The van der Waals surface area contributed by atoms with Crippen molar-refractivity contribution in [1.82, 2.24) is 5.43 Å². The smallest absolute Gasteiger partial charge is 0.182 e. The Morgan fingerprint density at radius 1 is 1.09 bits per heavy atom. The molecule has 3 rings (SSSR count). The van der Waals surface area contributed by atoms with E-state index in [1.54, 1.807) is 24.3 Å². The Balaban J connectivity index is 1.76. The summed E-state index contributed by atoms with van der Waals surface area (Å²) >= 11 is 7.25. The summed E-state index contributed by atoms with van der Waals surface area (Å²) < 4.78 is 26.2. The predicted octanol–water partition coefficient (Wildman–Crippen LogP) is 4.35. The Hall–Kier alpha value is -1.92. The molecule has 0 amide bonds. The normalized spacial score (nSPS) is 16.3. The fraction of sp³-hybridized carbons (Fsp3) is 0.0667. The Bertz CT molecular complexity index is 760. The minimum Gasteiger partial charge on any atom is -0.255 e. The van der Waals surface area contributed by atoms with E-state index in [1.165, 1.54) is 17.8 Å². The quantitative estimate of drug-likeness (QED) is 0.884. The predicted molar refractivity (Wildman–Crippen MR) is 87.0 cm³/mol. The van der Waals surface area contributed by atoms with Crippen LogP contribution >= 0.6 is 23.4 Å². The fourth-order valence-corrected chi connectivity index (χ4v) is 2.74. The third-order valence-electron chi connectivity index (χ3n) is 2.94. The summed E-state index contributed by atoms with van der Waals surface area (Å²) in [5, 5.41) is 5.44. The number of nitrogens with one attached hydrogen (secondary N) is 1. The van der Waals surface area contributed by atoms with Crippen molar-refractivity contribution in [2.45, 2.75) is 0 Å². The van der Waals surface area contributed by atoms with E-state index < -0.39 is 11.6 Å². The molecule has 0 unspecified atom stereocenters. The summed E-state index contributed by atoms with van der Waals surface area (Å²) in [6, 6.07) is 10.8. The van der Waals surface area contributed by atoms with Crippen molar-refractivity contribution in [1.29, 1.82) is 0 Å². The summed E-state index contributed by atoms with van der Waals surface area (Å²) in [6.07, 6.45) is 0. The van der Waals surface area contributed by atoms with E-state index in [9.17, 15) is 8.78 Å². The van der Waals surface area contributed by atoms with Gasteiger partial charge in [-0.3, -0.25) is 5.43 Å². The number of hydrazone groups is 1. The van der Waals surface area contributed by atoms with Gasteiger partial charge in [0.05, 0.1) is 11.4 Å². The van der Waals surface area contributed by atoms with E-state index in [0.717, 1.165) is 17.8 Å². The van der Waals surface area contributed by atoms with Gasteiger partial charge in [0.15, 0.2) is 16.8 Å². The molecule has 2 aromatic carbocycles. The van der Waals surface area contributed by atoms with Crippen LogP contribution in [-0.4, -0.2) is 16.6 Å². The maximum Gasteiger partial charge on any atom is 0.182 e. The number of amidine groups is 1. The molecule has 0 saturated carbocycles. The highest BCUT2D eigenvalue weighted by atomic mass is 35.5. The Kier molecular flexibility index (Phi) is 4.40. The summed E-state index contributed by atoms with van der Waals surface area (Å²) in [4.78, 5) is 4.39. The zero-order valence-corrected chi connectivity index (χ0v) is 12.8. The maximum atomic E-state index is 13.2. The van der Waals surface area contributed by atoms with Crippen LogP contribution in [0.2, 0.25) is 5.02 Å². The molecule has 0 atom stereocenters. The largest absolute Gasteiger partial charge is 0.255 e. The zero-order valence-electron chi connectivity index (χ0n) is 11.2. The summed E-state index contributed by atoms with van der Waals surface area (Å²) in [5.74, 6) is -1.23. The zero-order chi connectivity index (χ0) is 15.5. The molecule has 0 aliphatic carbocycles. The monoisotopic (exact) mass is 337 g/mol. The van der Waals surface area contributed by atoms with E-state index in [2.05, 4.69) is 15.5 Å². The van der Waals surface area contributed by atoms with Gasteiger partial charge >= 0.3 is 0 Å². The first-order valence-electron chi connectivity index (χ1n) is 6.37. The molecule has 112 valence electrons. The molecule has 3 nitrogen and oxygen atoms in total. The van der Waals surface area contributed by atoms with Crippen molar-refractivity contribution in [3.05, 3.63) is 64.7 Å². The van der Waals surface area contributed by atoms with Crippen LogP contribution in [0.3, 0.4) is 0 Å². The van der Waals surface area contributed by atoms with Gasteiger partial charge in [0.25, 0.3) is 0 Å². The molecule has 0 bridgehead atoms. The van der Waals surface area contributed by atoms with Crippen LogP contribution in [0.15, 0.2) is 52.6 Å². The molecule has 0 saturated heterocycles. The summed E-state index contributed by atoms with van der Waals surface area (Å²) in [6.45, 7) is 0. The van der Waals surface area contributed by atoms with Crippen LogP contribution < -0.4 is 5.43 Å². The molecule has 0 spiro atoms. The maximum absolute atomic E-state index is 13.2. The van der Waals surface area contributed by atoms with Gasteiger partial charge in [-0.15, -0.1) is 0 Å². The Morgan fingerprint density at radius 3 is 2.50 bits per heavy atom. The van der Waals surface area contributed by atoms with Gasteiger partial charge in [-0.2, -0.15) is 5.10 Å². The van der Waals surface area contributed by atoms with Crippen molar-refractivity contribution in [2.24, 2.45) is 10.1 Å².